The number of hydrogen-bond donors (Lipinski definition) is 1. The first kappa shape index (κ1) is 22.3. The lowest BCUT2D eigenvalue weighted by Crippen LogP contribution is -2.41. The second-order valence-corrected chi connectivity index (χ2v) is 7.87. The van der Waals surface area contributed by atoms with Gasteiger partial charge in [-0.3, -0.25) is 14.2 Å². The average Bonchev–Trinajstić information content (AvgIpc) is 3.07. The summed E-state index contributed by atoms with van der Waals surface area (Å²) in [6.07, 6.45) is 0. The fraction of sp³-hybridized carbons (Fsp3) is 0.174. The number of carbonyl (C=O) groups excluding carboxylic acids is 1. The van der Waals surface area contributed by atoms with E-state index in [0.717, 1.165) is 22.4 Å². The smallest absolute Gasteiger partial charge is 0.336 e. The van der Waals surface area contributed by atoms with Gasteiger partial charge in [-0.2, -0.15) is 0 Å². The number of amides is 1. The predicted molar refractivity (Wildman–Crippen MR) is 124 cm³/mol. The van der Waals surface area contributed by atoms with Crippen LogP contribution in [0.25, 0.3) is 16.7 Å². The van der Waals surface area contributed by atoms with Crippen LogP contribution in [0.5, 0.6) is 5.75 Å². The summed E-state index contributed by atoms with van der Waals surface area (Å²) in [5.41, 5.74) is 0.648. The molecular weight excluding hydrogens is 451 g/mol. The van der Waals surface area contributed by atoms with Crippen LogP contribution in [-0.2, 0) is 18.4 Å². The number of carbonyl (C=O) groups is 1. The maximum Gasteiger partial charge on any atom is 0.336 e. The van der Waals surface area contributed by atoms with Gasteiger partial charge >= 0.3 is 5.69 Å². The third kappa shape index (κ3) is 4.03. The van der Waals surface area contributed by atoms with Gasteiger partial charge in [-0.05, 0) is 55.5 Å². The molecule has 10 heteroatoms. The molecule has 0 aliphatic heterocycles. The molecule has 0 spiro atoms. The normalized spacial score (nSPS) is 11.1. The third-order valence-electron chi connectivity index (χ3n) is 5.39. The summed E-state index contributed by atoms with van der Waals surface area (Å²) in [6, 6.07) is 11.4. The molecule has 33 heavy (non-hydrogen) atoms. The number of halogens is 2. The van der Waals surface area contributed by atoms with E-state index in [9.17, 15) is 18.8 Å². The number of benzene rings is 2. The first-order valence-corrected chi connectivity index (χ1v) is 10.3. The Balaban J connectivity index is 1.81. The van der Waals surface area contributed by atoms with E-state index in [-0.39, 0.29) is 17.7 Å². The maximum absolute atomic E-state index is 13.4. The second-order valence-electron chi connectivity index (χ2n) is 7.46. The van der Waals surface area contributed by atoms with Gasteiger partial charge in [0.15, 0.2) is 0 Å². The predicted octanol–water partition coefficient (Wildman–Crippen LogP) is 3.24. The van der Waals surface area contributed by atoms with Crippen molar-refractivity contribution in [3.8, 4) is 11.4 Å². The SMILES string of the molecule is COc1ccc(NC(=O)Cn2c(=O)n(-c3ccc(F)cc3)c(=O)c3c2cc(C)n3C)cc1Cl. The molecule has 4 rings (SSSR count). The molecule has 4 aromatic rings. The van der Waals surface area contributed by atoms with Crippen LogP contribution in [0.3, 0.4) is 0 Å². The molecule has 0 fully saturated rings. The van der Waals surface area contributed by atoms with Gasteiger partial charge in [0, 0.05) is 18.4 Å². The molecule has 0 aliphatic carbocycles. The Morgan fingerprint density at radius 1 is 1.12 bits per heavy atom. The van der Waals surface area contributed by atoms with Crippen molar-refractivity contribution >= 4 is 34.2 Å². The third-order valence-corrected chi connectivity index (χ3v) is 5.69. The van der Waals surface area contributed by atoms with Gasteiger partial charge in [-0.25, -0.2) is 13.8 Å². The molecule has 0 unspecified atom stereocenters. The number of nitrogens with zero attached hydrogens (tertiary/aromatic N) is 3. The fourth-order valence-electron chi connectivity index (χ4n) is 3.65. The van der Waals surface area contributed by atoms with Crippen molar-refractivity contribution in [3.63, 3.8) is 0 Å². The van der Waals surface area contributed by atoms with E-state index in [2.05, 4.69) is 5.32 Å². The lowest BCUT2D eigenvalue weighted by Gasteiger charge is -2.13. The molecule has 2 aromatic carbocycles. The number of aryl methyl sites for hydroxylation is 2. The number of nitrogens with one attached hydrogen (secondary N) is 1. The van der Waals surface area contributed by atoms with E-state index in [1.807, 2.05) is 0 Å². The van der Waals surface area contributed by atoms with Crippen molar-refractivity contribution in [1.29, 1.82) is 0 Å². The van der Waals surface area contributed by atoms with Gasteiger partial charge < -0.3 is 14.6 Å². The van der Waals surface area contributed by atoms with Crippen molar-refractivity contribution in [3.05, 3.63) is 85.9 Å². The van der Waals surface area contributed by atoms with Gasteiger partial charge in [0.1, 0.15) is 23.6 Å². The highest BCUT2D eigenvalue weighted by molar-refractivity contribution is 6.32. The first-order valence-electron chi connectivity index (χ1n) is 9.92. The van der Waals surface area contributed by atoms with Gasteiger partial charge in [0.05, 0.1) is 23.3 Å². The molecule has 0 saturated heterocycles. The lowest BCUT2D eigenvalue weighted by atomic mass is 10.3. The van der Waals surface area contributed by atoms with Crippen LogP contribution in [0.1, 0.15) is 5.69 Å². The Kier molecular flexibility index (Phi) is 5.82. The minimum atomic E-state index is -0.715. The summed E-state index contributed by atoms with van der Waals surface area (Å²) in [5, 5.41) is 3.01. The van der Waals surface area contributed by atoms with Crippen molar-refractivity contribution < 1.29 is 13.9 Å². The van der Waals surface area contributed by atoms with E-state index >= 15 is 0 Å². The van der Waals surface area contributed by atoms with Crippen LogP contribution >= 0.6 is 11.6 Å². The number of hydrogen-bond acceptors (Lipinski definition) is 4. The maximum atomic E-state index is 13.4. The molecule has 0 atom stereocenters. The quantitative estimate of drug-likeness (QED) is 0.485. The first-order chi connectivity index (χ1) is 15.7. The van der Waals surface area contributed by atoms with Gasteiger partial charge in [0.2, 0.25) is 5.91 Å². The Hall–Kier alpha value is -3.85. The summed E-state index contributed by atoms with van der Waals surface area (Å²) in [5.74, 6) is -0.537. The molecule has 8 nitrogen and oxygen atoms in total. The number of anilines is 1. The molecule has 170 valence electrons. The van der Waals surface area contributed by atoms with Crippen LogP contribution in [0, 0.1) is 12.7 Å². The van der Waals surface area contributed by atoms with Crippen LogP contribution < -0.4 is 21.3 Å². The van der Waals surface area contributed by atoms with Crippen molar-refractivity contribution in [2.45, 2.75) is 13.5 Å². The molecule has 0 aliphatic rings. The van der Waals surface area contributed by atoms with Crippen molar-refractivity contribution in [1.82, 2.24) is 13.7 Å². The standard InChI is InChI=1S/C23H20ClFN4O4/c1-13-10-18-21(27(13)2)22(31)29(16-7-4-14(25)5-8-16)23(32)28(18)12-20(30)26-15-6-9-19(33-3)17(24)11-15/h4-11H,12H2,1-3H3,(H,26,30). The molecule has 0 bridgehead atoms. The zero-order valence-corrected chi connectivity index (χ0v) is 18.8. The molecule has 2 heterocycles. The number of ether oxygens (including phenoxy) is 1. The largest absolute Gasteiger partial charge is 0.495 e. The number of rotatable bonds is 5. The molecule has 1 amide bonds. The van der Waals surface area contributed by atoms with Crippen LogP contribution in [-0.4, -0.2) is 26.7 Å². The van der Waals surface area contributed by atoms with E-state index in [4.69, 9.17) is 16.3 Å². The molecular formula is C23H20ClFN4O4. The number of aromatic nitrogens is 3. The Bertz CT molecular complexity index is 1500. The Morgan fingerprint density at radius 3 is 2.45 bits per heavy atom. The summed E-state index contributed by atoms with van der Waals surface area (Å²) < 4.78 is 22.3. The van der Waals surface area contributed by atoms with Crippen LogP contribution in [0.4, 0.5) is 10.1 Å². The van der Waals surface area contributed by atoms with E-state index in [1.165, 1.54) is 29.9 Å². The highest BCUT2D eigenvalue weighted by Crippen LogP contribution is 2.27. The number of fused-ring (bicyclic) bond motifs is 1. The number of methoxy groups -OCH3 is 1. The zero-order valence-electron chi connectivity index (χ0n) is 18.1. The Labute approximate surface area is 192 Å². The van der Waals surface area contributed by atoms with E-state index < -0.39 is 23.0 Å². The molecule has 1 N–H and O–H groups in total. The monoisotopic (exact) mass is 470 g/mol. The van der Waals surface area contributed by atoms with E-state index in [0.29, 0.717) is 22.0 Å². The molecule has 2 aromatic heterocycles. The molecule has 0 radical (unpaired) electrons. The van der Waals surface area contributed by atoms with Gasteiger partial charge in [-0.15, -0.1) is 0 Å². The van der Waals surface area contributed by atoms with Gasteiger partial charge in [-0.1, -0.05) is 11.6 Å². The molecule has 0 saturated carbocycles. The topological polar surface area (TPSA) is 87.3 Å². The van der Waals surface area contributed by atoms with Crippen LogP contribution in [0.2, 0.25) is 5.02 Å². The summed E-state index contributed by atoms with van der Waals surface area (Å²) in [7, 11) is 3.18. The fourth-order valence-corrected chi connectivity index (χ4v) is 3.90. The van der Waals surface area contributed by atoms with Gasteiger partial charge in [0.25, 0.3) is 5.56 Å². The lowest BCUT2D eigenvalue weighted by molar-refractivity contribution is -0.116. The average molecular weight is 471 g/mol. The minimum absolute atomic E-state index is 0.197. The van der Waals surface area contributed by atoms with Crippen molar-refractivity contribution in [2.24, 2.45) is 7.05 Å². The Morgan fingerprint density at radius 2 is 1.82 bits per heavy atom. The summed E-state index contributed by atoms with van der Waals surface area (Å²) in [6.45, 7) is 1.43. The highest BCUT2D eigenvalue weighted by atomic mass is 35.5. The summed E-state index contributed by atoms with van der Waals surface area (Å²) in [4.78, 5) is 39.4. The van der Waals surface area contributed by atoms with Crippen LogP contribution in [0.15, 0.2) is 58.1 Å². The minimum Gasteiger partial charge on any atom is -0.495 e. The van der Waals surface area contributed by atoms with Crippen molar-refractivity contribution in [2.75, 3.05) is 12.4 Å². The van der Waals surface area contributed by atoms with E-state index in [1.54, 1.807) is 36.7 Å². The second kappa shape index (κ2) is 8.59. The zero-order chi connectivity index (χ0) is 23.9. The summed E-state index contributed by atoms with van der Waals surface area (Å²) >= 11 is 6.11. The highest BCUT2D eigenvalue weighted by Gasteiger charge is 2.20.